The molecule has 6 nitrogen and oxygen atoms in total. The van der Waals surface area contributed by atoms with Crippen LogP contribution in [-0.4, -0.2) is 28.7 Å². The third-order valence-electron chi connectivity index (χ3n) is 2.94. The van der Waals surface area contributed by atoms with Gasteiger partial charge in [-0.15, -0.1) is 0 Å². The first-order valence-electron chi connectivity index (χ1n) is 6.87. The molecule has 0 aliphatic rings. The van der Waals surface area contributed by atoms with Crippen molar-refractivity contribution < 1.29 is 22.7 Å². The highest BCUT2D eigenvalue weighted by Crippen LogP contribution is 2.17. The number of halogens is 3. The Morgan fingerprint density at radius 3 is 2.75 bits per heavy atom. The van der Waals surface area contributed by atoms with Crippen molar-refractivity contribution in [1.29, 1.82) is 0 Å². The molecule has 2 rings (SSSR count). The third kappa shape index (κ3) is 5.11. The van der Waals surface area contributed by atoms with Crippen LogP contribution in [0.25, 0.3) is 0 Å². The Bertz CT molecular complexity index is 787. The number of hydrogen-bond acceptors (Lipinski definition) is 4. The molecule has 2 N–H and O–H groups in total. The molecule has 0 bridgehead atoms. The van der Waals surface area contributed by atoms with Crippen LogP contribution in [0.3, 0.4) is 0 Å². The van der Waals surface area contributed by atoms with E-state index in [4.69, 9.17) is 0 Å². The monoisotopic (exact) mass is 341 g/mol. The summed E-state index contributed by atoms with van der Waals surface area (Å²) in [6.07, 6.45) is -3.19. The second-order valence-electron chi connectivity index (χ2n) is 4.97. The highest BCUT2D eigenvalue weighted by atomic mass is 19.4. The van der Waals surface area contributed by atoms with Crippen LogP contribution in [0.5, 0.6) is 5.88 Å². The van der Waals surface area contributed by atoms with Crippen LogP contribution < -0.4 is 15.6 Å². The number of nitrogens with one attached hydrogen (secondary N) is 2. The van der Waals surface area contributed by atoms with Gasteiger partial charge in [0.25, 0.3) is 11.5 Å². The zero-order valence-electron chi connectivity index (χ0n) is 12.6. The number of pyridine rings is 2. The summed E-state index contributed by atoms with van der Waals surface area (Å²) in [6, 6.07) is 5.78. The molecule has 2 aromatic rings. The van der Waals surface area contributed by atoms with Crippen LogP contribution in [0, 0.1) is 6.92 Å². The van der Waals surface area contributed by atoms with Crippen LogP contribution in [0.2, 0.25) is 0 Å². The number of aromatic nitrogens is 2. The fourth-order valence-corrected chi connectivity index (χ4v) is 1.82. The van der Waals surface area contributed by atoms with Gasteiger partial charge in [0.2, 0.25) is 5.88 Å². The van der Waals surface area contributed by atoms with Crippen LogP contribution in [-0.2, 0) is 6.54 Å². The largest absolute Gasteiger partial charge is 0.468 e. The van der Waals surface area contributed by atoms with Crippen molar-refractivity contribution >= 4 is 5.91 Å². The quantitative estimate of drug-likeness (QED) is 0.871. The van der Waals surface area contributed by atoms with Crippen molar-refractivity contribution in [3.63, 3.8) is 0 Å². The van der Waals surface area contributed by atoms with Gasteiger partial charge in [-0.3, -0.25) is 9.59 Å². The number of hydrogen-bond donors (Lipinski definition) is 2. The van der Waals surface area contributed by atoms with Crippen LogP contribution in [0.15, 0.2) is 35.3 Å². The van der Waals surface area contributed by atoms with Gasteiger partial charge >= 0.3 is 6.18 Å². The molecule has 0 fully saturated rings. The lowest BCUT2D eigenvalue weighted by Gasteiger charge is -2.10. The zero-order chi connectivity index (χ0) is 17.7. The van der Waals surface area contributed by atoms with Gasteiger partial charge in [0.15, 0.2) is 6.61 Å². The summed E-state index contributed by atoms with van der Waals surface area (Å²) in [5, 5.41) is 2.51. The maximum atomic E-state index is 12.1. The molecule has 2 aromatic heterocycles. The maximum absolute atomic E-state index is 12.1. The predicted octanol–water partition coefficient (Wildman–Crippen LogP) is 1.95. The molecule has 128 valence electrons. The predicted molar refractivity (Wildman–Crippen MR) is 78.8 cm³/mol. The van der Waals surface area contributed by atoms with Crippen molar-refractivity contribution in [3.8, 4) is 5.88 Å². The lowest BCUT2D eigenvalue weighted by molar-refractivity contribution is -0.154. The Balaban J connectivity index is 1.99. The number of aryl methyl sites for hydroxylation is 1. The minimum Gasteiger partial charge on any atom is -0.468 e. The van der Waals surface area contributed by atoms with E-state index in [1.807, 2.05) is 0 Å². The number of aromatic amines is 1. The van der Waals surface area contributed by atoms with Crippen molar-refractivity contribution in [2.45, 2.75) is 19.6 Å². The number of alkyl halides is 3. The van der Waals surface area contributed by atoms with Crippen molar-refractivity contribution in [2.75, 3.05) is 6.61 Å². The van der Waals surface area contributed by atoms with Crippen LogP contribution in [0.4, 0.5) is 13.2 Å². The standard InChI is InChI=1S/C15H14F3N3O3/c1-9-2-3-11(14(23)21-9)13(22)20-7-10-4-5-19-12(6-10)24-8-15(16,17)18/h2-6H,7-8H2,1H3,(H,20,22)(H,21,23). The smallest absolute Gasteiger partial charge is 0.422 e. The van der Waals surface area contributed by atoms with E-state index in [0.29, 0.717) is 11.3 Å². The molecule has 0 aromatic carbocycles. The Labute approximate surface area is 134 Å². The fourth-order valence-electron chi connectivity index (χ4n) is 1.82. The zero-order valence-corrected chi connectivity index (χ0v) is 12.6. The first-order chi connectivity index (χ1) is 11.2. The number of ether oxygens (including phenoxy) is 1. The molecule has 0 saturated heterocycles. The summed E-state index contributed by atoms with van der Waals surface area (Å²) in [7, 11) is 0. The van der Waals surface area contributed by atoms with Gasteiger partial charge in [0.05, 0.1) is 0 Å². The highest BCUT2D eigenvalue weighted by Gasteiger charge is 2.28. The first-order valence-corrected chi connectivity index (χ1v) is 6.87. The lowest BCUT2D eigenvalue weighted by Crippen LogP contribution is -2.29. The third-order valence-corrected chi connectivity index (χ3v) is 2.94. The Morgan fingerprint density at radius 2 is 2.08 bits per heavy atom. The number of nitrogens with zero attached hydrogens (tertiary/aromatic N) is 1. The minimum atomic E-state index is -4.46. The van der Waals surface area contributed by atoms with Crippen LogP contribution >= 0.6 is 0 Å². The molecule has 0 atom stereocenters. The molecule has 2 heterocycles. The number of amides is 1. The molecule has 9 heteroatoms. The summed E-state index contributed by atoms with van der Waals surface area (Å²) in [4.78, 5) is 29.8. The molecule has 0 radical (unpaired) electrons. The molecule has 0 saturated carbocycles. The van der Waals surface area contributed by atoms with E-state index in [9.17, 15) is 22.8 Å². The van der Waals surface area contributed by atoms with Crippen molar-refractivity contribution in [1.82, 2.24) is 15.3 Å². The van der Waals surface area contributed by atoms with Crippen molar-refractivity contribution in [2.24, 2.45) is 0 Å². The maximum Gasteiger partial charge on any atom is 0.422 e. The Hall–Kier alpha value is -2.84. The summed E-state index contributed by atoms with van der Waals surface area (Å²) in [6.45, 7) is 0.244. The van der Waals surface area contributed by atoms with E-state index in [2.05, 4.69) is 20.0 Å². The Kier molecular flexibility index (Phi) is 5.22. The molecule has 0 unspecified atom stereocenters. The van der Waals surface area contributed by atoms with Gasteiger partial charge in [-0.05, 0) is 30.7 Å². The van der Waals surface area contributed by atoms with Gasteiger partial charge in [0, 0.05) is 24.5 Å². The number of H-pyrrole nitrogens is 1. The number of carbonyl (C=O) groups is 1. The van der Waals surface area contributed by atoms with Gasteiger partial charge < -0.3 is 15.0 Å². The van der Waals surface area contributed by atoms with E-state index in [1.165, 1.54) is 24.4 Å². The van der Waals surface area contributed by atoms with E-state index in [-0.39, 0.29) is 18.0 Å². The number of rotatable bonds is 5. The first kappa shape index (κ1) is 17.5. The van der Waals surface area contributed by atoms with E-state index in [0.717, 1.165) is 0 Å². The van der Waals surface area contributed by atoms with E-state index >= 15 is 0 Å². The highest BCUT2D eigenvalue weighted by molar-refractivity contribution is 5.93. The summed E-state index contributed by atoms with van der Waals surface area (Å²) in [5.41, 5.74) is 0.538. The van der Waals surface area contributed by atoms with Crippen LogP contribution in [0.1, 0.15) is 21.6 Å². The van der Waals surface area contributed by atoms with Gasteiger partial charge in [0.1, 0.15) is 5.56 Å². The second kappa shape index (κ2) is 7.16. The molecular weight excluding hydrogens is 327 g/mol. The van der Waals surface area contributed by atoms with Gasteiger partial charge in [-0.2, -0.15) is 13.2 Å². The van der Waals surface area contributed by atoms with Gasteiger partial charge in [-0.25, -0.2) is 4.98 Å². The number of carbonyl (C=O) groups excluding carboxylic acids is 1. The lowest BCUT2D eigenvalue weighted by atomic mass is 10.2. The van der Waals surface area contributed by atoms with Crippen molar-refractivity contribution in [3.05, 3.63) is 57.6 Å². The molecule has 0 aliphatic carbocycles. The average Bonchev–Trinajstić information content (AvgIpc) is 2.50. The molecule has 1 amide bonds. The normalized spacial score (nSPS) is 11.2. The topological polar surface area (TPSA) is 84.1 Å². The molecule has 0 aliphatic heterocycles. The van der Waals surface area contributed by atoms with E-state index in [1.54, 1.807) is 13.0 Å². The molecule has 0 spiro atoms. The average molecular weight is 341 g/mol. The fraction of sp³-hybridized carbons (Fsp3) is 0.267. The SMILES string of the molecule is Cc1ccc(C(=O)NCc2ccnc(OCC(F)(F)F)c2)c(=O)[nH]1. The molecule has 24 heavy (non-hydrogen) atoms. The Morgan fingerprint density at radius 1 is 1.33 bits per heavy atom. The van der Waals surface area contributed by atoms with Gasteiger partial charge in [-0.1, -0.05) is 0 Å². The summed E-state index contributed by atoms with van der Waals surface area (Å²) < 4.78 is 40.9. The summed E-state index contributed by atoms with van der Waals surface area (Å²) in [5.74, 6) is -0.793. The molecular formula is C15H14F3N3O3. The minimum absolute atomic E-state index is 0.0110. The summed E-state index contributed by atoms with van der Waals surface area (Å²) >= 11 is 0. The second-order valence-corrected chi connectivity index (χ2v) is 4.97. The van der Waals surface area contributed by atoms with E-state index < -0.39 is 24.2 Å².